The van der Waals surface area contributed by atoms with Gasteiger partial charge in [0.2, 0.25) is 5.91 Å². The van der Waals surface area contributed by atoms with Crippen LogP contribution < -0.4 is 10.6 Å². The number of amides is 1. The topological polar surface area (TPSA) is 41.1 Å². The van der Waals surface area contributed by atoms with E-state index in [-0.39, 0.29) is 12.4 Å². The fourth-order valence-corrected chi connectivity index (χ4v) is 1.19. The molecule has 1 atom stereocenters. The van der Waals surface area contributed by atoms with Crippen LogP contribution in [0.4, 0.5) is 13.2 Å². The first kappa shape index (κ1) is 13.5. The summed E-state index contributed by atoms with van der Waals surface area (Å²) in [7, 11) is 0. The lowest BCUT2D eigenvalue weighted by atomic mass is 10.2. The number of hydrogen-bond donors (Lipinski definition) is 2. The SMILES string of the molecule is Cl.O=C1NCCCNC1CC(F)(F)F. The molecule has 2 N–H and O–H groups in total. The minimum atomic E-state index is -4.29. The van der Waals surface area contributed by atoms with E-state index in [0.717, 1.165) is 0 Å². The van der Waals surface area contributed by atoms with Crippen LogP contribution >= 0.6 is 12.4 Å². The molecule has 1 aliphatic rings. The Morgan fingerprint density at radius 2 is 2.00 bits per heavy atom. The molecule has 1 heterocycles. The van der Waals surface area contributed by atoms with Crippen molar-refractivity contribution in [3.63, 3.8) is 0 Å². The van der Waals surface area contributed by atoms with Crippen molar-refractivity contribution in [2.24, 2.45) is 0 Å². The number of carbonyl (C=O) groups excluding carboxylic acids is 1. The zero-order valence-corrected chi connectivity index (χ0v) is 8.17. The van der Waals surface area contributed by atoms with Gasteiger partial charge in [0.15, 0.2) is 0 Å². The molecule has 84 valence electrons. The van der Waals surface area contributed by atoms with E-state index in [1.165, 1.54) is 0 Å². The lowest BCUT2D eigenvalue weighted by Crippen LogP contribution is -2.43. The highest BCUT2D eigenvalue weighted by Gasteiger charge is 2.35. The summed E-state index contributed by atoms with van der Waals surface area (Å²) in [6.45, 7) is 0.889. The van der Waals surface area contributed by atoms with Crippen molar-refractivity contribution in [3.05, 3.63) is 0 Å². The van der Waals surface area contributed by atoms with Gasteiger partial charge in [0.1, 0.15) is 0 Å². The Hall–Kier alpha value is -0.490. The molecule has 0 aliphatic carbocycles. The van der Waals surface area contributed by atoms with Crippen molar-refractivity contribution in [2.75, 3.05) is 13.1 Å². The number of hydrogen-bond acceptors (Lipinski definition) is 2. The average molecular weight is 233 g/mol. The normalized spacial score (nSPS) is 23.4. The third kappa shape index (κ3) is 4.66. The molecule has 0 aromatic carbocycles. The maximum Gasteiger partial charge on any atom is 0.391 e. The average Bonchev–Trinajstić information content (AvgIpc) is 2.14. The monoisotopic (exact) mass is 232 g/mol. The molecule has 1 aliphatic heterocycles. The third-order valence-electron chi connectivity index (χ3n) is 1.80. The van der Waals surface area contributed by atoms with Gasteiger partial charge in [-0.25, -0.2) is 0 Å². The van der Waals surface area contributed by atoms with E-state index in [1.54, 1.807) is 0 Å². The lowest BCUT2D eigenvalue weighted by molar-refractivity contribution is -0.148. The minimum Gasteiger partial charge on any atom is -0.355 e. The van der Waals surface area contributed by atoms with Crippen LogP contribution in [0.5, 0.6) is 0 Å². The van der Waals surface area contributed by atoms with Gasteiger partial charge in [0, 0.05) is 6.54 Å². The summed E-state index contributed by atoms with van der Waals surface area (Å²) in [5, 5.41) is 4.97. The van der Waals surface area contributed by atoms with Crippen molar-refractivity contribution in [3.8, 4) is 0 Å². The summed E-state index contributed by atoms with van der Waals surface area (Å²) in [6.07, 6.45) is -4.72. The quantitative estimate of drug-likeness (QED) is 0.704. The smallest absolute Gasteiger partial charge is 0.355 e. The predicted octanol–water partition coefficient (Wildman–Crippen LogP) is 0.839. The molecule has 0 spiro atoms. The number of carbonyl (C=O) groups is 1. The zero-order chi connectivity index (χ0) is 9.90. The van der Waals surface area contributed by atoms with Gasteiger partial charge in [-0.2, -0.15) is 13.2 Å². The molecule has 0 aromatic heterocycles. The highest BCUT2D eigenvalue weighted by atomic mass is 35.5. The standard InChI is InChI=1S/C7H11F3N2O.ClH/c8-7(9,10)4-5-6(13)12-3-1-2-11-5;/h5,11H,1-4H2,(H,12,13);1H. The van der Waals surface area contributed by atoms with Crippen LogP contribution in [0.3, 0.4) is 0 Å². The van der Waals surface area contributed by atoms with Crippen LogP contribution in [-0.2, 0) is 4.79 Å². The Kier molecular flexibility index (Phi) is 5.22. The second-order valence-corrected chi connectivity index (χ2v) is 2.97. The lowest BCUT2D eigenvalue weighted by Gasteiger charge is -2.15. The summed E-state index contributed by atoms with van der Waals surface area (Å²) in [5.74, 6) is -0.560. The molecule has 0 radical (unpaired) electrons. The van der Waals surface area contributed by atoms with E-state index in [1.807, 2.05) is 0 Å². The van der Waals surface area contributed by atoms with Crippen LogP contribution in [-0.4, -0.2) is 31.2 Å². The molecule has 0 bridgehead atoms. The number of alkyl halides is 3. The summed E-state index contributed by atoms with van der Waals surface area (Å²) < 4.78 is 35.8. The molecule has 1 saturated heterocycles. The number of nitrogens with one attached hydrogen (secondary N) is 2. The molecule has 1 unspecified atom stereocenters. The van der Waals surface area contributed by atoms with Crippen molar-refractivity contribution in [1.82, 2.24) is 10.6 Å². The Morgan fingerprint density at radius 1 is 1.36 bits per heavy atom. The van der Waals surface area contributed by atoms with Gasteiger partial charge in [-0.3, -0.25) is 4.79 Å². The van der Waals surface area contributed by atoms with Gasteiger partial charge in [0.25, 0.3) is 0 Å². The van der Waals surface area contributed by atoms with Gasteiger partial charge in [-0.15, -0.1) is 12.4 Å². The molecule has 0 saturated carbocycles. The highest BCUT2D eigenvalue weighted by Crippen LogP contribution is 2.21. The van der Waals surface area contributed by atoms with Gasteiger partial charge in [-0.1, -0.05) is 0 Å². The first-order valence-electron chi connectivity index (χ1n) is 4.07. The fourth-order valence-electron chi connectivity index (χ4n) is 1.19. The Labute approximate surface area is 85.8 Å². The van der Waals surface area contributed by atoms with Gasteiger partial charge < -0.3 is 10.6 Å². The van der Waals surface area contributed by atoms with Crippen molar-refractivity contribution in [1.29, 1.82) is 0 Å². The Balaban J connectivity index is 0.00000169. The van der Waals surface area contributed by atoms with E-state index in [4.69, 9.17) is 0 Å². The van der Waals surface area contributed by atoms with Gasteiger partial charge >= 0.3 is 6.18 Å². The van der Waals surface area contributed by atoms with Crippen LogP contribution in [0, 0.1) is 0 Å². The van der Waals surface area contributed by atoms with E-state index in [9.17, 15) is 18.0 Å². The third-order valence-corrected chi connectivity index (χ3v) is 1.80. The van der Waals surface area contributed by atoms with Crippen molar-refractivity contribution >= 4 is 18.3 Å². The largest absolute Gasteiger partial charge is 0.391 e. The molecule has 1 amide bonds. The fraction of sp³-hybridized carbons (Fsp3) is 0.857. The highest BCUT2D eigenvalue weighted by molar-refractivity contribution is 5.85. The Bertz CT molecular complexity index is 198. The first-order valence-corrected chi connectivity index (χ1v) is 4.07. The molecule has 14 heavy (non-hydrogen) atoms. The molecular weight excluding hydrogens is 221 g/mol. The van der Waals surface area contributed by atoms with Crippen molar-refractivity contribution < 1.29 is 18.0 Å². The van der Waals surface area contributed by atoms with Gasteiger partial charge in [-0.05, 0) is 13.0 Å². The summed E-state index contributed by atoms with van der Waals surface area (Å²) >= 11 is 0. The van der Waals surface area contributed by atoms with E-state index in [0.29, 0.717) is 19.5 Å². The maximum atomic E-state index is 11.9. The van der Waals surface area contributed by atoms with Crippen LogP contribution in [0.1, 0.15) is 12.8 Å². The molecule has 1 rings (SSSR count). The predicted molar refractivity (Wildman–Crippen MR) is 47.3 cm³/mol. The minimum absolute atomic E-state index is 0. The maximum absolute atomic E-state index is 11.9. The number of halogens is 4. The van der Waals surface area contributed by atoms with Crippen LogP contribution in [0.25, 0.3) is 0 Å². The van der Waals surface area contributed by atoms with Gasteiger partial charge in [0.05, 0.1) is 12.5 Å². The van der Waals surface area contributed by atoms with Crippen molar-refractivity contribution in [2.45, 2.75) is 25.1 Å². The molecular formula is C7H12ClF3N2O. The molecule has 7 heteroatoms. The summed E-state index contributed by atoms with van der Waals surface area (Å²) in [6, 6.07) is -1.12. The Morgan fingerprint density at radius 3 is 2.57 bits per heavy atom. The van der Waals surface area contributed by atoms with Crippen LogP contribution in [0.2, 0.25) is 0 Å². The molecule has 1 fully saturated rings. The second-order valence-electron chi connectivity index (χ2n) is 2.97. The first-order chi connectivity index (χ1) is 5.99. The van der Waals surface area contributed by atoms with Crippen LogP contribution in [0.15, 0.2) is 0 Å². The second kappa shape index (κ2) is 5.41. The van der Waals surface area contributed by atoms with E-state index >= 15 is 0 Å². The number of rotatable bonds is 1. The van der Waals surface area contributed by atoms with E-state index in [2.05, 4.69) is 10.6 Å². The summed E-state index contributed by atoms with van der Waals surface area (Å²) in [4.78, 5) is 11.0. The molecule has 3 nitrogen and oxygen atoms in total. The molecule has 0 aromatic rings. The zero-order valence-electron chi connectivity index (χ0n) is 7.36. The van der Waals surface area contributed by atoms with E-state index < -0.39 is 24.5 Å². The summed E-state index contributed by atoms with van der Waals surface area (Å²) in [5.41, 5.74) is 0.